The number of hydrogen-bond acceptors (Lipinski definition) is 4. The number of benzene rings is 4. The van der Waals surface area contributed by atoms with Gasteiger partial charge in [-0.2, -0.15) is 0 Å². The Bertz CT molecular complexity index is 2250. The quantitative estimate of drug-likeness (QED) is 0.248. The number of amides is 2. The lowest BCUT2D eigenvalue weighted by atomic mass is 9.91. The van der Waals surface area contributed by atoms with E-state index >= 15 is 0 Å². The molecule has 0 aliphatic carbocycles. The number of rotatable bonds is 3. The van der Waals surface area contributed by atoms with Crippen LogP contribution in [0.1, 0.15) is 45.9 Å². The van der Waals surface area contributed by atoms with Gasteiger partial charge in [0.25, 0.3) is 11.8 Å². The zero-order valence-corrected chi connectivity index (χ0v) is 25.2. The topological polar surface area (TPSA) is 77.7 Å². The first kappa shape index (κ1) is 26.1. The molecule has 8 nitrogen and oxygen atoms in total. The maximum absolute atomic E-state index is 14.0. The first-order valence-electron chi connectivity index (χ1n) is 14.9. The Morgan fingerprint density at radius 1 is 1.00 bits per heavy atom. The van der Waals surface area contributed by atoms with Crippen molar-refractivity contribution < 1.29 is 19.1 Å². The van der Waals surface area contributed by atoms with Crippen LogP contribution in [0, 0.1) is 0 Å². The molecule has 44 heavy (non-hydrogen) atoms. The van der Waals surface area contributed by atoms with Crippen molar-refractivity contribution in [2.75, 3.05) is 14.2 Å². The second kappa shape index (κ2) is 8.85. The summed E-state index contributed by atoms with van der Waals surface area (Å²) in [4.78, 5) is 29.3. The highest BCUT2D eigenvalue weighted by Crippen LogP contribution is 2.54. The standard InChI is InChI=1S/C35H29ClN4O4/c1-35-32(43-3)25(38(2)34(42)18-10-4-7-13-22(18)36)16-26(44-35)39-23-14-8-5-11-19(23)28-29-21(17-37-33(29)41)27-20-12-6-9-15-24(20)40(35)31(27)30(28)39/h4-15,25-26,32H,16-17H2,1-3H3,(H,37,41)/t25-,26-,32-,35+/m1/s1. The number of aromatic nitrogens is 2. The van der Waals surface area contributed by atoms with Crippen LogP contribution in [0.3, 0.4) is 0 Å². The number of fused-ring (bicyclic) bond motifs is 13. The summed E-state index contributed by atoms with van der Waals surface area (Å²) < 4.78 is 18.1. The van der Waals surface area contributed by atoms with Gasteiger partial charge in [-0.1, -0.05) is 60.1 Å². The molecule has 0 saturated carbocycles. The van der Waals surface area contributed by atoms with Gasteiger partial charge in [-0.25, -0.2) is 0 Å². The molecule has 1 N–H and O–H groups in total. The fraction of sp³-hybridized carbons (Fsp3) is 0.257. The fourth-order valence-electron chi connectivity index (χ4n) is 8.37. The maximum Gasteiger partial charge on any atom is 0.255 e. The Labute approximate surface area is 257 Å². The summed E-state index contributed by atoms with van der Waals surface area (Å²) >= 11 is 6.51. The number of halogens is 1. The van der Waals surface area contributed by atoms with Crippen molar-refractivity contribution in [3.63, 3.8) is 0 Å². The minimum absolute atomic E-state index is 0.0568. The first-order valence-corrected chi connectivity index (χ1v) is 15.2. The van der Waals surface area contributed by atoms with E-state index in [1.807, 2.05) is 43.4 Å². The lowest BCUT2D eigenvalue weighted by molar-refractivity contribution is -0.264. The van der Waals surface area contributed by atoms with E-state index in [0.717, 1.165) is 54.7 Å². The van der Waals surface area contributed by atoms with Crippen LogP contribution in [0.4, 0.5) is 0 Å². The van der Waals surface area contributed by atoms with Crippen LogP contribution in [-0.4, -0.2) is 52.2 Å². The van der Waals surface area contributed by atoms with Crippen LogP contribution in [0.15, 0.2) is 72.8 Å². The Balaban J connectivity index is 1.41. The largest absolute Gasteiger partial charge is 0.374 e. The lowest BCUT2D eigenvalue weighted by Crippen LogP contribution is -2.61. The molecule has 4 atom stereocenters. The van der Waals surface area contributed by atoms with Crippen molar-refractivity contribution in [2.24, 2.45) is 0 Å². The molecule has 1 saturated heterocycles. The van der Waals surface area contributed by atoms with Crippen molar-refractivity contribution in [1.82, 2.24) is 19.4 Å². The average Bonchev–Trinajstić information content (AvgIpc) is 3.68. The SMILES string of the molecule is CO[C@@H]1[C@H](N(C)C(=O)c2ccccc2Cl)C[C@H]2O[C@]1(C)n1c3ccccc3c3c4c(c5c6ccccc6n2c5c31)C(=O)NC4. The third-order valence-corrected chi connectivity index (χ3v) is 10.4. The van der Waals surface area contributed by atoms with Crippen molar-refractivity contribution in [2.45, 2.75) is 44.0 Å². The maximum atomic E-state index is 14.0. The molecule has 9 heteroatoms. The number of carbonyl (C=O) groups excluding carboxylic acids is 2. The van der Waals surface area contributed by atoms with E-state index in [-0.39, 0.29) is 17.9 Å². The predicted molar refractivity (Wildman–Crippen MR) is 170 cm³/mol. The number of carbonyl (C=O) groups is 2. The van der Waals surface area contributed by atoms with E-state index in [0.29, 0.717) is 23.6 Å². The van der Waals surface area contributed by atoms with Gasteiger partial charge < -0.3 is 28.8 Å². The van der Waals surface area contributed by atoms with Gasteiger partial charge in [0.05, 0.1) is 44.3 Å². The number of ether oxygens (including phenoxy) is 2. The second-order valence-corrected chi connectivity index (χ2v) is 12.6. The Kier molecular flexibility index (Phi) is 5.24. The van der Waals surface area contributed by atoms with Gasteiger partial charge in [-0.3, -0.25) is 9.59 Å². The summed E-state index contributed by atoms with van der Waals surface area (Å²) in [6.45, 7) is 2.53. The minimum Gasteiger partial charge on any atom is -0.374 e. The Hall–Kier alpha value is -4.37. The van der Waals surface area contributed by atoms with Crippen molar-refractivity contribution in [3.8, 4) is 0 Å². The van der Waals surface area contributed by atoms with Crippen molar-refractivity contribution >= 4 is 67.0 Å². The molecule has 4 aromatic carbocycles. The van der Waals surface area contributed by atoms with Crippen LogP contribution in [-0.2, 0) is 21.7 Å². The van der Waals surface area contributed by atoms with Gasteiger partial charge >= 0.3 is 0 Å². The molecule has 0 spiro atoms. The van der Waals surface area contributed by atoms with E-state index in [1.54, 1.807) is 24.1 Å². The average molecular weight is 605 g/mol. The van der Waals surface area contributed by atoms with E-state index in [4.69, 9.17) is 21.1 Å². The summed E-state index contributed by atoms with van der Waals surface area (Å²) in [6.07, 6.45) is -0.514. The van der Waals surface area contributed by atoms with Crippen LogP contribution in [0.25, 0.3) is 43.6 Å². The highest BCUT2D eigenvalue weighted by atomic mass is 35.5. The summed E-state index contributed by atoms with van der Waals surface area (Å²) in [5.74, 6) is -0.234. The fourth-order valence-corrected chi connectivity index (χ4v) is 8.58. The zero-order valence-electron chi connectivity index (χ0n) is 24.4. The van der Waals surface area contributed by atoms with Crippen molar-refractivity contribution in [3.05, 3.63) is 94.5 Å². The van der Waals surface area contributed by atoms with E-state index < -0.39 is 18.1 Å². The normalized spacial score (nSPS) is 23.9. The first-order chi connectivity index (χ1) is 21.3. The number of nitrogens with zero attached hydrogens (tertiary/aromatic N) is 3. The molecule has 5 heterocycles. The molecule has 0 unspecified atom stereocenters. The smallest absolute Gasteiger partial charge is 0.255 e. The van der Waals surface area contributed by atoms with Gasteiger partial charge in [0.1, 0.15) is 12.3 Å². The predicted octanol–water partition coefficient (Wildman–Crippen LogP) is 6.56. The Morgan fingerprint density at radius 2 is 1.68 bits per heavy atom. The second-order valence-electron chi connectivity index (χ2n) is 12.2. The number of hydrogen-bond donors (Lipinski definition) is 1. The molecular weight excluding hydrogens is 576 g/mol. The van der Waals surface area contributed by atoms with Crippen molar-refractivity contribution in [1.29, 1.82) is 0 Å². The summed E-state index contributed by atoms with van der Waals surface area (Å²) in [6, 6.07) is 23.3. The molecule has 2 amide bonds. The molecule has 1 fully saturated rings. The van der Waals surface area contributed by atoms with E-state index in [2.05, 4.69) is 45.6 Å². The third kappa shape index (κ3) is 3.05. The number of para-hydroxylation sites is 2. The molecule has 0 radical (unpaired) electrons. The van der Waals surface area contributed by atoms with Crippen LogP contribution in [0.2, 0.25) is 5.02 Å². The van der Waals surface area contributed by atoms with Crippen LogP contribution in [0.5, 0.6) is 0 Å². The number of methoxy groups -OCH3 is 1. The molecular formula is C35H29ClN4O4. The minimum atomic E-state index is -1.02. The van der Waals surface area contributed by atoms with Gasteiger partial charge in [0, 0.05) is 48.7 Å². The number of nitrogens with one attached hydrogen (secondary N) is 1. The summed E-state index contributed by atoms with van der Waals surface area (Å²) in [5, 5.41) is 7.57. The molecule has 6 aromatic rings. The highest BCUT2D eigenvalue weighted by Gasteiger charge is 2.55. The number of likely N-dealkylation sites (N-methyl/N-ethyl adjacent to an activating group) is 1. The zero-order chi connectivity index (χ0) is 30.1. The monoisotopic (exact) mass is 604 g/mol. The van der Waals surface area contributed by atoms with Gasteiger partial charge in [0.15, 0.2) is 5.72 Å². The molecule has 9 rings (SSSR count). The third-order valence-electron chi connectivity index (χ3n) is 10.1. The van der Waals surface area contributed by atoms with Gasteiger partial charge in [0.2, 0.25) is 0 Å². The molecule has 220 valence electrons. The van der Waals surface area contributed by atoms with Crippen LogP contribution >= 0.6 is 11.6 Å². The van der Waals surface area contributed by atoms with Gasteiger partial charge in [-0.15, -0.1) is 0 Å². The van der Waals surface area contributed by atoms with Crippen LogP contribution < -0.4 is 5.32 Å². The molecule has 2 aromatic heterocycles. The molecule has 2 bridgehead atoms. The molecule has 3 aliphatic heterocycles. The molecule has 3 aliphatic rings. The van der Waals surface area contributed by atoms with E-state index in [9.17, 15) is 9.59 Å². The lowest BCUT2D eigenvalue weighted by Gasteiger charge is -2.50. The summed E-state index contributed by atoms with van der Waals surface area (Å²) in [7, 11) is 3.51. The van der Waals surface area contributed by atoms with Gasteiger partial charge in [-0.05, 0) is 36.8 Å². The Morgan fingerprint density at radius 3 is 2.43 bits per heavy atom. The van der Waals surface area contributed by atoms with E-state index in [1.165, 1.54) is 0 Å². The summed E-state index contributed by atoms with van der Waals surface area (Å²) in [5.41, 5.74) is 5.12. The highest BCUT2D eigenvalue weighted by molar-refractivity contribution is 6.34.